The van der Waals surface area contributed by atoms with Crippen molar-refractivity contribution in [3.8, 4) is 0 Å². The maximum atomic E-state index is 13.7. The molecule has 0 bridgehead atoms. The number of hydrogen-bond donors (Lipinski definition) is 1. The number of nitrogens with zero attached hydrogens (tertiary/aromatic N) is 5. The van der Waals surface area contributed by atoms with E-state index in [4.69, 9.17) is 5.73 Å². The number of nitrogens with two attached hydrogens (primary N) is 1. The van der Waals surface area contributed by atoms with Gasteiger partial charge in [-0.2, -0.15) is 18.3 Å². The van der Waals surface area contributed by atoms with Gasteiger partial charge in [-0.1, -0.05) is 24.3 Å². The van der Waals surface area contributed by atoms with Gasteiger partial charge < -0.3 is 10.6 Å². The second-order valence-corrected chi connectivity index (χ2v) is 9.51. The minimum atomic E-state index is -4.56. The van der Waals surface area contributed by atoms with Gasteiger partial charge in [0.15, 0.2) is 0 Å². The molecule has 2 aromatic heterocycles. The second-order valence-electron chi connectivity index (χ2n) is 9.51. The lowest BCUT2D eigenvalue weighted by Crippen LogP contribution is -2.31. The number of hydrogen-bond acceptors (Lipinski definition) is 5. The number of carbonyl (C=O) groups is 1. The van der Waals surface area contributed by atoms with E-state index in [2.05, 4.69) is 27.0 Å². The van der Waals surface area contributed by atoms with Gasteiger partial charge in [-0.3, -0.25) is 9.48 Å². The van der Waals surface area contributed by atoms with Gasteiger partial charge in [0.05, 0.1) is 29.4 Å². The summed E-state index contributed by atoms with van der Waals surface area (Å²) < 4.78 is 43.1. The van der Waals surface area contributed by atoms with Crippen molar-refractivity contribution in [3.63, 3.8) is 0 Å². The van der Waals surface area contributed by atoms with Crippen molar-refractivity contribution in [2.45, 2.75) is 57.2 Å². The molecule has 0 aliphatic carbocycles. The molecule has 1 aliphatic rings. The fourth-order valence-electron chi connectivity index (χ4n) is 4.67. The summed E-state index contributed by atoms with van der Waals surface area (Å²) in [6.45, 7) is 3.70. The standard InChI is InChI=1S/C26H31F3N6O/c1-17(25(30)36)21-6-4-3-5-19(21)7-8-23-22(26(27,28)29)15-31-24(33-23)13-18-14-32-35(16-18)20-9-11-34(2)12-10-20/h3-6,14-17,20H,7-13H2,1-2H3,(H2,30,36)/t17-/m1/s1. The number of amides is 1. The summed E-state index contributed by atoms with van der Waals surface area (Å²) in [4.78, 5) is 22.3. The largest absolute Gasteiger partial charge is 0.419 e. The predicted octanol–water partition coefficient (Wildman–Crippen LogP) is 3.92. The quantitative estimate of drug-likeness (QED) is 0.506. The molecule has 1 aromatic carbocycles. The zero-order chi connectivity index (χ0) is 25.9. The van der Waals surface area contributed by atoms with Gasteiger partial charge in [-0.05, 0) is 69.4 Å². The lowest BCUT2D eigenvalue weighted by molar-refractivity contribution is -0.138. The van der Waals surface area contributed by atoms with E-state index in [0.717, 1.165) is 43.3 Å². The lowest BCUT2D eigenvalue weighted by atomic mass is 9.92. The highest BCUT2D eigenvalue weighted by molar-refractivity contribution is 5.81. The van der Waals surface area contributed by atoms with Crippen LogP contribution < -0.4 is 5.73 Å². The average molecular weight is 501 g/mol. The summed E-state index contributed by atoms with van der Waals surface area (Å²) in [7, 11) is 2.10. The third-order valence-electron chi connectivity index (χ3n) is 6.88. The Morgan fingerprint density at radius 3 is 2.58 bits per heavy atom. The van der Waals surface area contributed by atoms with E-state index in [1.54, 1.807) is 31.3 Å². The van der Waals surface area contributed by atoms with Crippen LogP contribution in [0.1, 0.15) is 65.5 Å². The number of piperidine rings is 1. The first-order valence-corrected chi connectivity index (χ1v) is 12.1. The van der Waals surface area contributed by atoms with Crippen LogP contribution in [0, 0.1) is 0 Å². The van der Waals surface area contributed by atoms with E-state index in [0.29, 0.717) is 30.3 Å². The molecule has 4 rings (SSSR count). The Kier molecular flexibility index (Phi) is 7.73. The van der Waals surface area contributed by atoms with E-state index >= 15 is 0 Å². The van der Waals surface area contributed by atoms with E-state index in [-0.39, 0.29) is 12.1 Å². The highest BCUT2D eigenvalue weighted by Gasteiger charge is 2.35. The maximum absolute atomic E-state index is 13.7. The summed E-state index contributed by atoms with van der Waals surface area (Å²) in [5, 5.41) is 4.48. The molecule has 3 aromatic rings. The van der Waals surface area contributed by atoms with Crippen molar-refractivity contribution < 1.29 is 18.0 Å². The molecule has 0 saturated carbocycles. The zero-order valence-electron chi connectivity index (χ0n) is 20.5. The number of carbonyl (C=O) groups excluding carboxylic acids is 1. The summed E-state index contributed by atoms with van der Waals surface area (Å²) in [5.74, 6) is -0.700. The molecular formula is C26H31F3N6O. The summed E-state index contributed by atoms with van der Waals surface area (Å²) in [6.07, 6.45) is 2.65. The van der Waals surface area contributed by atoms with Crippen molar-refractivity contribution in [2.75, 3.05) is 20.1 Å². The molecule has 0 spiro atoms. The van der Waals surface area contributed by atoms with E-state index < -0.39 is 23.6 Å². The first-order chi connectivity index (χ1) is 17.1. The van der Waals surface area contributed by atoms with Crippen LogP contribution in [0.5, 0.6) is 0 Å². The van der Waals surface area contributed by atoms with Gasteiger partial charge >= 0.3 is 6.18 Å². The van der Waals surface area contributed by atoms with Gasteiger partial charge in [-0.15, -0.1) is 0 Å². The third kappa shape index (κ3) is 6.10. The van der Waals surface area contributed by atoms with Gasteiger partial charge in [0.2, 0.25) is 5.91 Å². The minimum absolute atomic E-state index is 0.0573. The minimum Gasteiger partial charge on any atom is -0.369 e. The third-order valence-corrected chi connectivity index (χ3v) is 6.88. The SMILES string of the molecule is C[C@@H](C(N)=O)c1ccccc1CCc1nc(Cc2cnn(C3CCN(C)CC3)c2)ncc1C(F)(F)F. The number of aromatic nitrogens is 4. The van der Waals surface area contributed by atoms with Crippen LogP contribution in [0.2, 0.25) is 0 Å². The molecule has 2 N–H and O–H groups in total. The van der Waals surface area contributed by atoms with Crippen LogP contribution in [0.15, 0.2) is 42.9 Å². The smallest absolute Gasteiger partial charge is 0.369 e. The van der Waals surface area contributed by atoms with Gasteiger partial charge in [-0.25, -0.2) is 9.97 Å². The first kappa shape index (κ1) is 25.8. The Hall–Kier alpha value is -3.27. The molecule has 7 nitrogen and oxygen atoms in total. The second kappa shape index (κ2) is 10.8. The number of primary amides is 1. The van der Waals surface area contributed by atoms with Crippen LogP contribution in [0.3, 0.4) is 0 Å². The number of alkyl halides is 3. The van der Waals surface area contributed by atoms with E-state index in [9.17, 15) is 18.0 Å². The monoisotopic (exact) mass is 500 g/mol. The first-order valence-electron chi connectivity index (χ1n) is 12.1. The number of halogens is 3. The number of aryl methyl sites for hydroxylation is 2. The predicted molar refractivity (Wildman–Crippen MR) is 129 cm³/mol. The molecule has 3 heterocycles. The molecule has 0 radical (unpaired) electrons. The zero-order valence-corrected chi connectivity index (χ0v) is 20.5. The molecule has 36 heavy (non-hydrogen) atoms. The Bertz CT molecular complexity index is 1200. The summed E-state index contributed by atoms with van der Waals surface area (Å²) in [6, 6.07) is 7.49. The normalized spacial score (nSPS) is 16.2. The number of rotatable bonds is 8. The van der Waals surface area contributed by atoms with Gasteiger partial charge in [0.1, 0.15) is 5.82 Å². The maximum Gasteiger partial charge on any atom is 0.419 e. The molecule has 10 heteroatoms. The molecule has 1 saturated heterocycles. The fourth-order valence-corrected chi connectivity index (χ4v) is 4.67. The van der Waals surface area contributed by atoms with E-state index in [1.165, 1.54) is 0 Å². The molecule has 192 valence electrons. The van der Waals surface area contributed by atoms with Gasteiger partial charge in [0, 0.05) is 18.8 Å². The highest BCUT2D eigenvalue weighted by atomic mass is 19.4. The number of likely N-dealkylation sites (tertiary alicyclic amines) is 1. The summed E-state index contributed by atoms with van der Waals surface area (Å²) in [5.41, 5.74) is 6.91. The van der Waals surface area contributed by atoms with Crippen LogP contribution in [0.25, 0.3) is 0 Å². The van der Waals surface area contributed by atoms with Crippen LogP contribution in [0.4, 0.5) is 13.2 Å². The molecular weight excluding hydrogens is 469 g/mol. The molecule has 1 atom stereocenters. The van der Waals surface area contributed by atoms with Crippen LogP contribution in [-0.4, -0.2) is 50.7 Å². The molecule has 1 amide bonds. The molecule has 1 aliphatic heterocycles. The Morgan fingerprint density at radius 2 is 1.89 bits per heavy atom. The Morgan fingerprint density at radius 1 is 1.17 bits per heavy atom. The van der Waals surface area contributed by atoms with Crippen LogP contribution in [-0.2, 0) is 30.2 Å². The Balaban J connectivity index is 1.53. The van der Waals surface area contributed by atoms with E-state index in [1.807, 2.05) is 16.9 Å². The van der Waals surface area contributed by atoms with Crippen molar-refractivity contribution in [1.82, 2.24) is 24.6 Å². The topological polar surface area (TPSA) is 89.9 Å². The molecule has 1 fully saturated rings. The number of benzene rings is 1. The van der Waals surface area contributed by atoms with Crippen molar-refractivity contribution in [3.05, 3.63) is 76.6 Å². The summed E-state index contributed by atoms with van der Waals surface area (Å²) >= 11 is 0. The van der Waals surface area contributed by atoms with Gasteiger partial charge in [0.25, 0.3) is 0 Å². The van der Waals surface area contributed by atoms with Crippen LogP contribution >= 0.6 is 0 Å². The molecule has 0 unspecified atom stereocenters. The highest BCUT2D eigenvalue weighted by Crippen LogP contribution is 2.32. The Labute approximate surface area is 208 Å². The van der Waals surface area contributed by atoms with Crippen molar-refractivity contribution in [1.29, 1.82) is 0 Å². The fraction of sp³-hybridized carbons (Fsp3) is 0.462. The lowest BCUT2D eigenvalue weighted by Gasteiger charge is -2.28. The van der Waals surface area contributed by atoms with Crippen molar-refractivity contribution in [2.24, 2.45) is 5.73 Å². The average Bonchev–Trinajstić information content (AvgIpc) is 3.30. The van der Waals surface area contributed by atoms with Crippen molar-refractivity contribution >= 4 is 5.91 Å².